The smallest absolute Gasteiger partial charge is 0.341 e. The van der Waals surface area contributed by atoms with Crippen LogP contribution in [0.3, 0.4) is 0 Å². The summed E-state index contributed by atoms with van der Waals surface area (Å²) < 4.78 is 47.5. The van der Waals surface area contributed by atoms with Crippen LogP contribution in [0.5, 0.6) is 0 Å². The van der Waals surface area contributed by atoms with E-state index in [0.29, 0.717) is 0 Å². The van der Waals surface area contributed by atoms with Crippen LogP contribution in [0.2, 0.25) is 0 Å². The van der Waals surface area contributed by atoms with E-state index in [0.717, 1.165) is 31.5 Å². The van der Waals surface area contributed by atoms with Gasteiger partial charge in [0.1, 0.15) is 0 Å². The van der Waals surface area contributed by atoms with E-state index in [1.54, 1.807) is 0 Å². The van der Waals surface area contributed by atoms with Gasteiger partial charge in [0.05, 0.1) is 4.90 Å². The molecule has 1 amide bonds. The lowest BCUT2D eigenvalue weighted by atomic mass is 9.99. The summed E-state index contributed by atoms with van der Waals surface area (Å²) in [6.07, 6.45) is 1.82. The maximum atomic E-state index is 12.4. The average molecular weight is 369 g/mol. The normalized spacial score (nSPS) is 21.6. The number of hydrogen-bond donors (Lipinski definition) is 2. The molecule has 23 heavy (non-hydrogen) atoms. The monoisotopic (exact) mass is 368 g/mol. The molecule has 1 heterocycles. The predicted molar refractivity (Wildman–Crippen MR) is 84.8 cm³/mol. The van der Waals surface area contributed by atoms with Gasteiger partial charge >= 0.3 is 5.76 Å². The molecule has 0 radical (unpaired) electrons. The van der Waals surface area contributed by atoms with E-state index >= 15 is 0 Å². The Hall–Kier alpha value is -1.25. The summed E-state index contributed by atoms with van der Waals surface area (Å²) in [5.41, 5.74) is 0.242. The Balaban J connectivity index is 0.00000264. The molecule has 0 aromatic heterocycles. The number of carbonyl (C=O) groups excluding carboxylic acids is 1. The van der Waals surface area contributed by atoms with Crippen LogP contribution < -0.4 is 10.6 Å². The predicted octanol–water partition coefficient (Wildman–Crippen LogP) is 1.98. The minimum absolute atomic E-state index is 0. The van der Waals surface area contributed by atoms with Gasteiger partial charge < -0.3 is 10.6 Å². The molecule has 2 N–H and O–H groups in total. The van der Waals surface area contributed by atoms with Crippen molar-refractivity contribution in [2.75, 3.05) is 6.54 Å². The van der Waals surface area contributed by atoms with Crippen molar-refractivity contribution >= 4 is 28.2 Å². The SMILES string of the molecule is CC1NCCCC1NC(=O)c1ccc(S(=O)(=O)C(F)F)cc1.Cl. The van der Waals surface area contributed by atoms with E-state index in [1.807, 2.05) is 6.92 Å². The van der Waals surface area contributed by atoms with E-state index in [4.69, 9.17) is 0 Å². The zero-order chi connectivity index (χ0) is 16.3. The van der Waals surface area contributed by atoms with Crippen molar-refractivity contribution in [1.82, 2.24) is 10.6 Å². The van der Waals surface area contributed by atoms with Gasteiger partial charge in [0.2, 0.25) is 9.84 Å². The van der Waals surface area contributed by atoms with E-state index in [9.17, 15) is 22.0 Å². The molecule has 1 aromatic rings. The number of benzene rings is 1. The number of piperidine rings is 1. The summed E-state index contributed by atoms with van der Waals surface area (Å²) in [6.45, 7) is 2.89. The Kier molecular flexibility index (Phi) is 6.91. The van der Waals surface area contributed by atoms with E-state index < -0.39 is 20.5 Å². The first-order chi connectivity index (χ1) is 10.3. The molecule has 0 bridgehead atoms. The van der Waals surface area contributed by atoms with Crippen molar-refractivity contribution in [2.45, 2.75) is 42.5 Å². The molecule has 0 spiro atoms. The van der Waals surface area contributed by atoms with Gasteiger partial charge in [-0.25, -0.2) is 8.42 Å². The molecule has 0 aliphatic carbocycles. The van der Waals surface area contributed by atoms with E-state index in [2.05, 4.69) is 10.6 Å². The first-order valence-electron chi connectivity index (χ1n) is 6.98. The Morgan fingerprint density at radius 2 is 1.91 bits per heavy atom. The topological polar surface area (TPSA) is 75.3 Å². The van der Waals surface area contributed by atoms with Crippen molar-refractivity contribution in [3.63, 3.8) is 0 Å². The molecule has 1 aliphatic rings. The van der Waals surface area contributed by atoms with Crippen LogP contribution in [-0.2, 0) is 9.84 Å². The lowest BCUT2D eigenvalue weighted by Crippen LogP contribution is -2.51. The maximum absolute atomic E-state index is 12.4. The Morgan fingerprint density at radius 3 is 2.43 bits per heavy atom. The first kappa shape index (κ1) is 19.8. The summed E-state index contributed by atoms with van der Waals surface area (Å²) in [7, 11) is -4.63. The van der Waals surface area contributed by atoms with Gasteiger partial charge in [-0.1, -0.05) is 0 Å². The molecule has 1 aliphatic heterocycles. The summed E-state index contributed by atoms with van der Waals surface area (Å²) in [5, 5.41) is 6.12. The van der Waals surface area contributed by atoms with E-state index in [1.165, 1.54) is 12.1 Å². The number of halogens is 3. The molecule has 1 fully saturated rings. The summed E-state index contributed by atoms with van der Waals surface area (Å²) >= 11 is 0. The number of carbonyl (C=O) groups is 1. The Morgan fingerprint density at radius 1 is 1.30 bits per heavy atom. The number of nitrogens with one attached hydrogen (secondary N) is 2. The number of sulfone groups is 1. The maximum Gasteiger partial charge on any atom is 0.341 e. The molecule has 1 aromatic carbocycles. The molecular formula is C14H19ClF2N2O3S. The zero-order valence-electron chi connectivity index (χ0n) is 12.5. The van der Waals surface area contributed by atoms with Gasteiger partial charge in [-0.3, -0.25) is 4.79 Å². The third-order valence-corrected chi connectivity index (χ3v) is 5.16. The highest BCUT2D eigenvalue weighted by Gasteiger charge is 2.27. The Labute approximate surface area is 140 Å². The molecule has 2 unspecified atom stereocenters. The highest BCUT2D eigenvalue weighted by Crippen LogP contribution is 2.19. The van der Waals surface area contributed by atoms with Gasteiger partial charge in [-0.2, -0.15) is 8.78 Å². The largest absolute Gasteiger partial charge is 0.348 e. The molecule has 0 saturated carbocycles. The molecule has 5 nitrogen and oxygen atoms in total. The van der Waals surface area contributed by atoms with Crippen LogP contribution >= 0.6 is 12.4 Å². The summed E-state index contributed by atoms with van der Waals surface area (Å²) in [4.78, 5) is 11.6. The van der Waals surface area contributed by atoms with Crippen LogP contribution in [-0.4, -0.2) is 38.7 Å². The van der Waals surface area contributed by atoms with Crippen LogP contribution in [0.1, 0.15) is 30.1 Å². The minimum Gasteiger partial charge on any atom is -0.348 e. The second-order valence-corrected chi connectivity index (χ2v) is 7.21. The van der Waals surface area contributed by atoms with Crippen molar-refractivity contribution in [2.24, 2.45) is 0 Å². The van der Waals surface area contributed by atoms with Crippen LogP contribution in [0.15, 0.2) is 29.2 Å². The van der Waals surface area contributed by atoms with Crippen molar-refractivity contribution in [1.29, 1.82) is 0 Å². The highest BCUT2D eigenvalue weighted by molar-refractivity contribution is 7.91. The number of rotatable bonds is 4. The second-order valence-electron chi connectivity index (χ2n) is 5.30. The van der Waals surface area contributed by atoms with Gasteiger partial charge in [-0.15, -0.1) is 12.4 Å². The third-order valence-electron chi connectivity index (χ3n) is 3.76. The van der Waals surface area contributed by atoms with Gasteiger partial charge in [-0.05, 0) is 50.6 Å². The van der Waals surface area contributed by atoms with Crippen LogP contribution in [0.25, 0.3) is 0 Å². The van der Waals surface area contributed by atoms with E-state index in [-0.39, 0.29) is 36.0 Å². The molecule has 2 atom stereocenters. The molecule has 2 rings (SSSR count). The standard InChI is InChI=1S/C14H18F2N2O3S.ClH/c1-9-12(3-2-8-17-9)18-13(19)10-4-6-11(7-5-10)22(20,21)14(15)16;/h4-7,9,12,14,17H,2-3,8H2,1H3,(H,18,19);1H. The number of alkyl halides is 2. The molecule has 9 heteroatoms. The average Bonchev–Trinajstić information content (AvgIpc) is 2.49. The number of hydrogen-bond acceptors (Lipinski definition) is 4. The zero-order valence-corrected chi connectivity index (χ0v) is 14.1. The summed E-state index contributed by atoms with van der Waals surface area (Å²) in [5.74, 6) is -3.82. The number of amides is 1. The fourth-order valence-electron chi connectivity index (χ4n) is 2.39. The lowest BCUT2D eigenvalue weighted by Gasteiger charge is -2.30. The molecule has 1 saturated heterocycles. The van der Waals surface area contributed by atoms with Gasteiger partial charge in [0, 0.05) is 17.6 Å². The van der Waals surface area contributed by atoms with Crippen molar-refractivity contribution < 1.29 is 22.0 Å². The van der Waals surface area contributed by atoms with Crippen molar-refractivity contribution in [3.05, 3.63) is 29.8 Å². The quantitative estimate of drug-likeness (QED) is 0.852. The van der Waals surface area contributed by atoms with Crippen LogP contribution in [0, 0.1) is 0 Å². The van der Waals surface area contributed by atoms with Gasteiger partial charge in [0.25, 0.3) is 5.91 Å². The lowest BCUT2D eigenvalue weighted by molar-refractivity contribution is 0.0919. The highest BCUT2D eigenvalue weighted by atomic mass is 35.5. The van der Waals surface area contributed by atoms with Crippen molar-refractivity contribution in [3.8, 4) is 0 Å². The van der Waals surface area contributed by atoms with Gasteiger partial charge in [0.15, 0.2) is 0 Å². The molecule has 130 valence electrons. The third kappa shape index (κ3) is 4.62. The second kappa shape index (κ2) is 8.03. The summed E-state index contributed by atoms with van der Waals surface area (Å²) in [6, 6.07) is 4.68. The molecular weight excluding hydrogens is 350 g/mol. The minimum atomic E-state index is -4.63. The fourth-order valence-corrected chi connectivity index (χ4v) is 3.11. The van der Waals surface area contributed by atoms with Crippen LogP contribution in [0.4, 0.5) is 8.78 Å². The Bertz CT molecular complexity index is 638. The fraction of sp³-hybridized carbons (Fsp3) is 0.500. The first-order valence-corrected chi connectivity index (χ1v) is 8.53.